The number of ether oxygens (including phenoxy) is 1. The first-order chi connectivity index (χ1) is 18.6. The molecule has 0 aromatic heterocycles. The topological polar surface area (TPSA) is 75.6 Å². The number of rotatable bonds is 13. The van der Waals surface area contributed by atoms with E-state index >= 15 is 0 Å². The molecule has 3 saturated carbocycles. The van der Waals surface area contributed by atoms with Crippen molar-refractivity contribution in [3.05, 3.63) is 41.5 Å². The molecule has 0 amide bonds. The first-order valence-electron chi connectivity index (χ1n) is 15.5. The Morgan fingerprint density at radius 2 is 1.66 bits per heavy atom. The van der Waals surface area contributed by atoms with Gasteiger partial charge in [-0.25, -0.2) is 0 Å². The lowest BCUT2D eigenvalue weighted by molar-refractivity contribution is -0.153. The first-order valence-corrected chi connectivity index (χ1v) is 15.5. The maximum absolute atomic E-state index is 13.1. The number of hydrogen-bond acceptors (Lipinski definition) is 5. The molecule has 0 radical (unpaired) electrons. The lowest BCUT2D eigenvalue weighted by Gasteiger charge is -2.33. The Kier molecular flexibility index (Phi) is 11.9. The zero-order valence-corrected chi connectivity index (χ0v) is 23.3. The van der Waals surface area contributed by atoms with Crippen LogP contribution in [0, 0.1) is 17.8 Å². The molecule has 210 valence electrons. The third-order valence-electron chi connectivity index (χ3n) is 9.20. The third kappa shape index (κ3) is 9.34. The number of nitrogens with one attached hydrogen (secondary N) is 1. The zero-order valence-electron chi connectivity index (χ0n) is 23.3. The molecular weight excluding hydrogens is 474 g/mol. The molecule has 4 rings (SSSR count). The Labute approximate surface area is 229 Å². The number of esters is 1. The summed E-state index contributed by atoms with van der Waals surface area (Å²) in [5.41, 5.74) is 2.32. The Bertz CT molecular complexity index is 892. The van der Waals surface area contributed by atoms with E-state index < -0.39 is 6.61 Å². The van der Waals surface area contributed by atoms with E-state index in [1.807, 2.05) is 12.1 Å². The van der Waals surface area contributed by atoms with Crippen molar-refractivity contribution in [1.82, 2.24) is 5.32 Å². The molecule has 2 N–H and O–H groups in total. The summed E-state index contributed by atoms with van der Waals surface area (Å²) in [7, 11) is 0. The standard InChI is InChI=1S/C33H49NO4/c35-24-30(36)21-20-27-11-7-10-26(22-27)9-6-8-25-16-18-28(19-17-25)23-34-32(29-12-2-1-3-13-29)33(37)38-31-14-4-5-15-31/h7,10-11,20-22,25,28-29,31-32,34-35H,1-6,8-9,12-19,23-24H2/b21-20+/t25?,28?,32-/m0/s1. The van der Waals surface area contributed by atoms with Crippen molar-refractivity contribution in [2.24, 2.45) is 17.8 Å². The number of carbonyl (C=O) groups excluding carboxylic acids is 2. The Balaban J connectivity index is 1.17. The van der Waals surface area contributed by atoms with Crippen LogP contribution in [0.2, 0.25) is 0 Å². The van der Waals surface area contributed by atoms with Gasteiger partial charge >= 0.3 is 5.97 Å². The van der Waals surface area contributed by atoms with Gasteiger partial charge in [0.15, 0.2) is 5.78 Å². The number of hydrogen-bond donors (Lipinski definition) is 2. The van der Waals surface area contributed by atoms with Crippen LogP contribution in [-0.4, -0.2) is 42.2 Å². The average molecular weight is 524 g/mol. The summed E-state index contributed by atoms with van der Waals surface area (Å²) in [4.78, 5) is 24.5. The SMILES string of the molecule is O=C(/C=C/c1cccc(CCCC2CCC(CN[C@H](C(=O)OC3CCCC3)C3CCCCC3)CC2)c1)CO. The lowest BCUT2D eigenvalue weighted by atomic mass is 9.79. The van der Waals surface area contributed by atoms with Crippen molar-refractivity contribution in [2.45, 2.75) is 115 Å². The maximum atomic E-state index is 13.1. The fraction of sp³-hybridized carbons (Fsp3) is 0.697. The van der Waals surface area contributed by atoms with Gasteiger partial charge in [0.2, 0.25) is 0 Å². The van der Waals surface area contributed by atoms with Crippen molar-refractivity contribution in [3.63, 3.8) is 0 Å². The number of carbonyl (C=O) groups is 2. The fourth-order valence-electron chi connectivity index (χ4n) is 6.86. The molecule has 38 heavy (non-hydrogen) atoms. The predicted octanol–water partition coefficient (Wildman–Crippen LogP) is 6.41. The fourth-order valence-corrected chi connectivity index (χ4v) is 6.86. The van der Waals surface area contributed by atoms with Gasteiger partial charge in [-0.05, 0) is 106 Å². The second-order valence-corrected chi connectivity index (χ2v) is 12.1. The molecule has 0 unspecified atom stereocenters. The minimum absolute atomic E-state index is 0.0250. The van der Waals surface area contributed by atoms with Crippen LogP contribution in [-0.2, 0) is 20.7 Å². The van der Waals surface area contributed by atoms with Gasteiger partial charge in [0.05, 0.1) is 0 Å². The highest BCUT2D eigenvalue weighted by molar-refractivity contribution is 5.94. The lowest BCUT2D eigenvalue weighted by Crippen LogP contribution is -2.47. The van der Waals surface area contributed by atoms with Gasteiger partial charge in [-0.3, -0.25) is 9.59 Å². The molecule has 3 fully saturated rings. The van der Waals surface area contributed by atoms with E-state index in [0.717, 1.165) is 50.1 Å². The van der Waals surface area contributed by atoms with Gasteiger partial charge in [0.25, 0.3) is 0 Å². The number of ketones is 1. The van der Waals surface area contributed by atoms with E-state index in [0.29, 0.717) is 11.8 Å². The van der Waals surface area contributed by atoms with E-state index in [2.05, 4.69) is 17.4 Å². The number of aliphatic hydroxyl groups is 1. The second kappa shape index (κ2) is 15.6. The highest BCUT2D eigenvalue weighted by Gasteiger charge is 2.33. The maximum Gasteiger partial charge on any atom is 0.323 e. The van der Waals surface area contributed by atoms with Crippen LogP contribution in [0.15, 0.2) is 30.3 Å². The molecule has 0 saturated heterocycles. The van der Waals surface area contributed by atoms with Gasteiger partial charge in [-0.15, -0.1) is 0 Å². The summed E-state index contributed by atoms with van der Waals surface area (Å²) >= 11 is 0. The van der Waals surface area contributed by atoms with E-state index in [1.54, 1.807) is 6.08 Å². The molecule has 1 aromatic carbocycles. The van der Waals surface area contributed by atoms with Crippen LogP contribution in [0.25, 0.3) is 6.08 Å². The molecule has 3 aliphatic carbocycles. The van der Waals surface area contributed by atoms with Gasteiger partial charge in [0.1, 0.15) is 18.8 Å². The molecule has 1 aromatic rings. The van der Waals surface area contributed by atoms with Crippen LogP contribution in [0.4, 0.5) is 0 Å². The van der Waals surface area contributed by atoms with E-state index in [9.17, 15) is 9.59 Å². The summed E-state index contributed by atoms with van der Waals surface area (Å²) in [6.45, 7) is 0.509. The third-order valence-corrected chi connectivity index (χ3v) is 9.20. The largest absolute Gasteiger partial charge is 0.461 e. The van der Waals surface area contributed by atoms with E-state index in [1.165, 1.54) is 82.3 Å². The summed E-state index contributed by atoms with van der Waals surface area (Å²) in [5, 5.41) is 12.6. The summed E-state index contributed by atoms with van der Waals surface area (Å²) in [5.74, 6) is 1.67. The van der Waals surface area contributed by atoms with Crippen LogP contribution < -0.4 is 5.32 Å². The number of benzene rings is 1. The summed E-state index contributed by atoms with van der Waals surface area (Å²) in [6.07, 6.45) is 22.6. The van der Waals surface area contributed by atoms with Crippen molar-refractivity contribution < 1.29 is 19.4 Å². The number of aryl methyl sites for hydroxylation is 1. The number of aliphatic hydroxyl groups excluding tert-OH is 1. The van der Waals surface area contributed by atoms with Gasteiger partial charge in [0, 0.05) is 0 Å². The minimum Gasteiger partial charge on any atom is -0.461 e. The van der Waals surface area contributed by atoms with Crippen molar-refractivity contribution in [1.29, 1.82) is 0 Å². The average Bonchev–Trinajstić information content (AvgIpc) is 3.46. The zero-order chi connectivity index (χ0) is 26.6. The van der Waals surface area contributed by atoms with Crippen molar-refractivity contribution >= 4 is 17.8 Å². The van der Waals surface area contributed by atoms with Gasteiger partial charge < -0.3 is 15.2 Å². The first kappa shape index (κ1) is 29.0. The van der Waals surface area contributed by atoms with Crippen LogP contribution >= 0.6 is 0 Å². The highest BCUT2D eigenvalue weighted by Crippen LogP contribution is 2.33. The monoisotopic (exact) mass is 523 g/mol. The highest BCUT2D eigenvalue weighted by atomic mass is 16.5. The van der Waals surface area contributed by atoms with Crippen molar-refractivity contribution in [2.75, 3.05) is 13.2 Å². The van der Waals surface area contributed by atoms with Crippen molar-refractivity contribution in [3.8, 4) is 0 Å². The summed E-state index contributed by atoms with van der Waals surface area (Å²) < 4.78 is 5.97. The molecule has 5 heteroatoms. The van der Waals surface area contributed by atoms with Crippen LogP contribution in [0.3, 0.4) is 0 Å². The summed E-state index contributed by atoms with van der Waals surface area (Å²) in [6, 6.07) is 8.23. The van der Waals surface area contributed by atoms with E-state index in [-0.39, 0.29) is 23.9 Å². The minimum atomic E-state index is -0.442. The van der Waals surface area contributed by atoms with Crippen LogP contribution in [0.1, 0.15) is 107 Å². The molecule has 5 nitrogen and oxygen atoms in total. The molecule has 3 aliphatic rings. The molecular formula is C33H49NO4. The second-order valence-electron chi connectivity index (χ2n) is 12.1. The molecule has 0 aliphatic heterocycles. The van der Waals surface area contributed by atoms with Crippen LogP contribution in [0.5, 0.6) is 0 Å². The Hall–Kier alpha value is -1.98. The normalized spacial score (nSPS) is 24.0. The predicted molar refractivity (Wildman–Crippen MR) is 153 cm³/mol. The Morgan fingerprint density at radius 1 is 0.947 bits per heavy atom. The van der Waals surface area contributed by atoms with Gasteiger partial charge in [-0.1, -0.05) is 68.9 Å². The molecule has 0 bridgehead atoms. The Morgan fingerprint density at radius 3 is 2.39 bits per heavy atom. The van der Waals surface area contributed by atoms with Gasteiger partial charge in [-0.2, -0.15) is 0 Å². The molecule has 0 heterocycles. The van der Waals surface area contributed by atoms with E-state index in [4.69, 9.17) is 9.84 Å². The quantitative estimate of drug-likeness (QED) is 0.231. The molecule has 1 atom stereocenters. The smallest absolute Gasteiger partial charge is 0.323 e. The molecule has 0 spiro atoms.